The van der Waals surface area contributed by atoms with Crippen molar-refractivity contribution in [1.82, 2.24) is 0 Å². The van der Waals surface area contributed by atoms with Crippen LogP contribution >= 0.6 is 24.2 Å². The summed E-state index contributed by atoms with van der Waals surface area (Å²) in [5, 5.41) is -0.686. The molecule has 0 saturated carbocycles. The Morgan fingerprint density at radius 3 is 2.59 bits per heavy atom. The van der Waals surface area contributed by atoms with E-state index >= 15 is 0 Å². The van der Waals surface area contributed by atoms with Gasteiger partial charge in [0.05, 0.1) is 17.5 Å². The van der Waals surface area contributed by atoms with E-state index in [-0.39, 0.29) is 23.5 Å². The van der Waals surface area contributed by atoms with Gasteiger partial charge in [-0.3, -0.25) is 4.79 Å². The number of esters is 1. The number of benzene rings is 1. The van der Waals surface area contributed by atoms with Crippen LogP contribution in [0.15, 0.2) is 23.1 Å². The molecule has 17 heavy (non-hydrogen) atoms. The molecule has 0 fully saturated rings. The average molecular weight is 273 g/mol. The minimum absolute atomic E-state index is 0.205. The Morgan fingerprint density at radius 1 is 1.41 bits per heavy atom. The number of rotatable bonds is 4. The summed E-state index contributed by atoms with van der Waals surface area (Å²) < 4.78 is 4.89. The van der Waals surface area contributed by atoms with Crippen molar-refractivity contribution >= 4 is 36.0 Å². The highest BCUT2D eigenvalue weighted by Crippen LogP contribution is 2.19. The highest BCUT2D eigenvalue weighted by molar-refractivity contribution is 7.80. The smallest absolute Gasteiger partial charge is 0.338 e. The molecule has 0 N–H and O–H groups in total. The Kier molecular flexibility index (Phi) is 5.02. The van der Waals surface area contributed by atoms with Gasteiger partial charge >= 0.3 is 5.97 Å². The number of alkyl halides is 1. The molecule has 1 rings (SSSR count). The van der Waals surface area contributed by atoms with Gasteiger partial charge in [-0.25, -0.2) is 4.79 Å². The highest BCUT2D eigenvalue weighted by atomic mass is 35.5. The van der Waals surface area contributed by atoms with Crippen LogP contribution in [0.2, 0.25) is 0 Å². The van der Waals surface area contributed by atoms with E-state index in [4.69, 9.17) is 16.3 Å². The maximum absolute atomic E-state index is 11.8. The van der Waals surface area contributed by atoms with E-state index in [1.54, 1.807) is 19.9 Å². The maximum atomic E-state index is 11.8. The zero-order valence-electron chi connectivity index (χ0n) is 9.57. The number of Topliss-reactive ketones (excluding diaryl/α,β-unsaturated/α-hetero) is 1. The first-order valence-electron chi connectivity index (χ1n) is 5.15. The first-order chi connectivity index (χ1) is 7.97. The standard InChI is InChI=1S/C12H13ClO3S/c1-3-16-12(15)10-6-8(17)4-5-9(10)11(14)7(2)13/h4-7,17H,3H2,1-2H3. The summed E-state index contributed by atoms with van der Waals surface area (Å²) in [6.45, 7) is 3.52. The van der Waals surface area contributed by atoms with Crippen molar-refractivity contribution in [2.24, 2.45) is 0 Å². The third-order valence-corrected chi connectivity index (χ3v) is 2.60. The number of halogens is 1. The van der Waals surface area contributed by atoms with Crippen LogP contribution in [0.5, 0.6) is 0 Å². The average Bonchev–Trinajstić information content (AvgIpc) is 2.28. The lowest BCUT2D eigenvalue weighted by Gasteiger charge is -2.09. The van der Waals surface area contributed by atoms with Crippen molar-refractivity contribution < 1.29 is 14.3 Å². The Balaban J connectivity index is 3.21. The van der Waals surface area contributed by atoms with Crippen LogP contribution in [0.3, 0.4) is 0 Å². The Bertz CT molecular complexity index is 443. The number of thiol groups is 1. The molecule has 0 bridgehead atoms. The number of hydrogen-bond donors (Lipinski definition) is 1. The van der Waals surface area contributed by atoms with Gasteiger partial charge in [0.15, 0.2) is 5.78 Å². The van der Waals surface area contributed by atoms with Gasteiger partial charge < -0.3 is 4.74 Å². The monoisotopic (exact) mass is 272 g/mol. The van der Waals surface area contributed by atoms with E-state index in [1.807, 2.05) is 0 Å². The number of hydrogen-bond acceptors (Lipinski definition) is 4. The molecule has 0 aliphatic carbocycles. The molecular weight excluding hydrogens is 260 g/mol. The predicted octanol–water partition coefficient (Wildman–Crippen LogP) is 2.96. The van der Waals surface area contributed by atoms with E-state index in [2.05, 4.69) is 12.6 Å². The zero-order valence-corrected chi connectivity index (χ0v) is 11.2. The predicted molar refractivity (Wildman–Crippen MR) is 69.3 cm³/mol. The van der Waals surface area contributed by atoms with Crippen molar-refractivity contribution in [3.63, 3.8) is 0 Å². The molecule has 0 radical (unpaired) electrons. The lowest BCUT2D eigenvalue weighted by Crippen LogP contribution is -2.17. The van der Waals surface area contributed by atoms with Gasteiger partial charge in [0, 0.05) is 10.5 Å². The molecule has 1 atom stereocenters. The maximum Gasteiger partial charge on any atom is 0.338 e. The molecule has 1 unspecified atom stereocenters. The number of ketones is 1. The molecule has 92 valence electrons. The van der Waals surface area contributed by atoms with Crippen LogP contribution in [0, 0.1) is 0 Å². The van der Waals surface area contributed by atoms with Crippen molar-refractivity contribution in [2.75, 3.05) is 6.61 Å². The molecule has 0 aliphatic heterocycles. The molecule has 0 spiro atoms. The summed E-state index contributed by atoms with van der Waals surface area (Å²) in [4.78, 5) is 24.1. The van der Waals surface area contributed by atoms with Gasteiger partial charge in [-0.1, -0.05) is 0 Å². The second-order valence-electron chi connectivity index (χ2n) is 3.43. The SMILES string of the molecule is CCOC(=O)c1cc(S)ccc1C(=O)C(C)Cl. The van der Waals surface area contributed by atoms with Crippen molar-refractivity contribution in [2.45, 2.75) is 24.1 Å². The molecule has 0 saturated heterocycles. The van der Waals surface area contributed by atoms with E-state index in [0.717, 1.165) is 0 Å². The largest absolute Gasteiger partial charge is 0.462 e. The minimum atomic E-state index is -0.686. The van der Waals surface area contributed by atoms with Gasteiger partial charge in [-0.2, -0.15) is 0 Å². The molecule has 5 heteroatoms. The Hall–Kier alpha value is -1.00. The summed E-state index contributed by atoms with van der Waals surface area (Å²) >= 11 is 9.87. The second kappa shape index (κ2) is 6.07. The quantitative estimate of drug-likeness (QED) is 0.397. The summed E-state index contributed by atoms with van der Waals surface area (Å²) in [5.41, 5.74) is 0.473. The number of carbonyl (C=O) groups is 2. The van der Waals surface area contributed by atoms with Gasteiger partial charge in [-0.05, 0) is 32.0 Å². The molecule has 0 aliphatic rings. The molecule has 1 aromatic carbocycles. The minimum Gasteiger partial charge on any atom is -0.462 e. The molecular formula is C12H13ClO3S. The molecule has 0 heterocycles. The molecule has 1 aromatic rings. The summed E-state index contributed by atoms with van der Waals surface area (Å²) in [6.07, 6.45) is 0. The summed E-state index contributed by atoms with van der Waals surface area (Å²) in [6, 6.07) is 4.68. The summed E-state index contributed by atoms with van der Waals surface area (Å²) in [7, 11) is 0. The second-order valence-corrected chi connectivity index (χ2v) is 4.60. The third-order valence-electron chi connectivity index (χ3n) is 2.13. The molecule has 0 aromatic heterocycles. The summed E-state index contributed by atoms with van der Waals surface area (Å²) in [5.74, 6) is -0.841. The zero-order chi connectivity index (χ0) is 13.0. The first-order valence-corrected chi connectivity index (χ1v) is 6.04. The van der Waals surface area contributed by atoms with Gasteiger partial charge in [0.1, 0.15) is 0 Å². The van der Waals surface area contributed by atoms with Crippen LogP contribution in [0.1, 0.15) is 34.6 Å². The third kappa shape index (κ3) is 3.48. The van der Waals surface area contributed by atoms with Crippen molar-refractivity contribution in [1.29, 1.82) is 0 Å². The Morgan fingerprint density at radius 2 is 2.06 bits per heavy atom. The lowest BCUT2D eigenvalue weighted by atomic mass is 10.0. The van der Waals surface area contributed by atoms with Crippen LogP contribution in [-0.4, -0.2) is 23.7 Å². The van der Waals surface area contributed by atoms with Crippen molar-refractivity contribution in [3.8, 4) is 0 Å². The normalized spacial score (nSPS) is 12.0. The van der Waals surface area contributed by atoms with Crippen LogP contribution in [0.25, 0.3) is 0 Å². The number of carbonyl (C=O) groups excluding carboxylic acids is 2. The van der Waals surface area contributed by atoms with Crippen LogP contribution < -0.4 is 0 Å². The fourth-order valence-electron chi connectivity index (χ4n) is 1.34. The van der Waals surface area contributed by atoms with E-state index in [1.165, 1.54) is 12.1 Å². The molecule has 3 nitrogen and oxygen atoms in total. The first kappa shape index (κ1) is 14.1. The Labute approximate surface area is 111 Å². The fourth-order valence-corrected chi connectivity index (χ4v) is 1.66. The lowest BCUT2D eigenvalue weighted by molar-refractivity contribution is 0.0523. The topological polar surface area (TPSA) is 43.4 Å². The van der Waals surface area contributed by atoms with Gasteiger partial charge in [0.2, 0.25) is 0 Å². The van der Waals surface area contributed by atoms with E-state index in [0.29, 0.717) is 4.90 Å². The highest BCUT2D eigenvalue weighted by Gasteiger charge is 2.21. The van der Waals surface area contributed by atoms with Gasteiger partial charge in [-0.15, -0.1) is 24.2 Å². The van der Waals surface area contributed by atoms with E-state index in [9.17, 15) is 9.59 Å². The molecule has 0 amide bonds. The fraction of sp³-hybridized carbons (Fsp3) is 0.333. The van der Waals surface area contributed by atoms with Crippen LogP contribution in [-0.2, 0) is 4.74 Å². The number of ether oxygens (including phenoxy) is 1. The van der Waals surface area contributed by atoms with Crippen LogP contribution in [0.4, 0.5) is 0 Å². The van der Waals surface area contributed by atoms with Crippen molar-refractivity contribution in [3.05, 3.63) is 29.3 Å². The van der Waals surface area contributed by atoms with E-state index < -0.39 is 11.3 Å². The van der Waals surface area contributed by atoms with Gasteiger partial charge in [0.25, 0.3) is 0 Å².